The third-order valence-electron chi connectivity index (χ3n) is 3.90. The second-order valence-electron chi connectivity index (χ2n) is 5.30. The molecule has 0 unspecified atom stereocenters. The standard InChI is InChI=1S/C16H23NO3/c1-17(10-7-13-8-11-20-12-9-13)16(18)14-3-5-15(19-2)6-4-14/h3-6,13H,7-12H2,1-2H3. The molecule has 0 atom stereocenters. The molecule has 2 rings (SSSR count). The summed E-state index contributed by atoms with van der Waals surface area (Å²) < 4.78 is 10.5. The van der Waals surface area contributed by atoms with Crippen LogP contribution in [-0.4, -0.2) is 44.7 Å². The molecule has 0 aliphatic carbocycles. The number of benzene rings is 1. The first-order chi connectivity index (χ1) is 9.70. The maximum Gasteiger partial charge on any atom is 0.253 e. The van der Waals surface area contributed by atoms with Crippen LogP contribution in [-0.2, 0) is 4.74 Å². The van der Waals surface area contributed by atoms with Gasteiger partial charge in [-0.2, -0.15) is 0 Å². The molecule has 1 aromatic rings. The van der Waals surface area contributed by atoms with Gasteiger partial charge in [0.1, 0.15) is 5.75 Å². The van der Waals surface area contributed by atoms with Crippen molar-refractivity contribution in [3.05, 3.63) is 29.8 Å². The van der Waals surface area contributed by atoms with Crippen molar-refractivity contribution in [2.45, 2.75) is 19.3 Å². The molecule has 4 nitrogen and oxygen atoms in total. The topological polar surface area (TPSA) is 38.8 Å². The van der Waals surface area contributed by atoms with E-state index in [9.17, 15) is 4.79 Å². The lowest BCUT2D eigenvalue weighted by molar-refractivity contribution is 0.0583. The minimum Gasteiger partial charge on any atom is -0.497 e. The van der Waals surface area contributed by atoms with Crippen molar-refractivity contribution < 1.29 is 14.3 Å². The molecule has 0 bridgehead atoms. The minimum atomic E-state index is 0.0692. The maximum absolute atomic E-state index is 12.3. The van der Waals surface area contributed by atoms with Crippen LogP contribution in [0.2, 0.25) is 0 Å². The molecular weight excluding hydrogens is 254 g/mol. The molecule has 0 saturated carbocycles. The molecule has 1 aromatic carbocycles. The Morgan fingerprint density at radius 1 is 1.30 bits per heavy atom. The Labute approximate surface area is 120 Å². The Kier molecular flexibility index (Phi) is 5.41. The minimum absolute atomic E-state index is 0.0692. The molecule has 1 aliphatic heterocycles. The van der Waals surface area contributed by atoms with Crippen molar-refractivity contribution >= 4 is 5.91 Å². The summed E-state index contributed by atoms with van der Waals surface area (Å²) in [5.74, 6) is 1.53. The van der Waals surface area contributed by atoms with Crippen LogP contribution >= 0.6 is 0 Å². The van der Waals surface area contributed by atoms with Crippen LogP contribution in [0.4, 0.5) is 0 Å². The van der Waals surface area contributed by atoms with E-state index >= 15 is 0 Å². The summed E-state index contributed by atoms with van der Waals surface area (Å²) in [4.78, 5) is 14.1. The lowest BCUT2D eigenvalue weighted by Crippen LogP contribution is -2.30. The van der Waals surface area contributed by atoms with Crippen LogP contribution < -0.4 is 4.74 Å². The molecule has 1 aliphatic rings. The van der Waals surface area contributed by atoms with Gasteiger partial charge in [0.05, 0.1) is 7.11 Å². The number of carbonyl (C=O) groups is 1. The van der Waals surface area contributed by atoms with Gasteiger partial charge < -0.3 is 14.4 Å². The zero-order chi connectivity index (χ0) is 14.4. The van der Waals surface area contributed by atoms with E-state index in [1.54, 1.807) is 12.0 Å². The van der Waals surface area contributed by atoms with E-state index in [0.717, 1.165) is 44.8 Å². The highest BCUT2D eigenvalue weighted by atomic mass is 16.5. The highest BCUT2D eigenvalue weighted by molar-refractivity contribution is 5.94. The van der Waals surface area contributed by atoms with Crippen LogP contribution in [0.25, 0.3) is 0 Å². The Hall–Kier alpha value is -1.55. The molecule has 0 spiro atoms. The third kappa shape index (κ3) is 3.97. The summed E-state index contributed by atoms with van der Waals surface area (Å²) in [7, 11) is 3.49. The molecule has 0 N–H and O–H groups in total. The van der Waals surface area contributed by atoms with E-state index < -0.39 is 0 Å². The second-order valence-corrected chi connectivity index (χ2v) is 5.30. The molecule has 20 heavy (non-hydrogen) atoms. The van der Waals surface area contributed by atoms with Gasteiger partial charge >= 0.3 is 0 Å². The molecule has 1 amide bonds. The smallest absolute Gasteiger partial charge is 0.253 e. The largest absolute Gasteiger partial charge is 0.497 e. The van der Waals surface area contributed by atoms with Crippen molar-refractivity contribution in [1.82, 2.24) is 4.90 Å². The molecular formula is C16H23NO3. The fourth-order valence-corrected chi connectivity index (χ4v) is 2.47. The third-order valence-corrected chi connectivity index (χ3v) is 3.90. The number of carbonyl (C=O) groups excluding carboxylic acids is 1. The summed E-state index contributed by atoms with van der Waals surface area (Å²) >= 11 is 0. The van der Waals surface area contributed by atoms with Gasteiger partial charge in [0.15, 0.2) is 0 Å². The van der Waals surface area contributed by atoms with E-state index in [1.165, 1.54) is 0 Å². The summed E-state index contributed by atoms with van der Waals surface area (Å²) in [6.07, 6.45) is 3.29. The molecule has 1 fully saturated rings. The van der Waals surface area contributed by atoms with Crippen molar-refractivity contribution in [2.24, 2.45) is 5.92 Å². The van der Waals surface area contributed by atoms with Gasteiger partial charge in [0.25, 0.3) is 5.91 Å². The molecule has 110 valence electrons. The van der Waals surface area contributed by atoms with Crippen molar-refractivity contribution in [2.75, 3.05) is 33.9 Å². The Morgan fingerprint density at radius 3 is 2.55 bits per heavy atom. The number of rotatable bonds is 5. The summed E-state index contributed by atoms with van der Waals surface area (Å²) in [6.45, 7) is 2.52. The zero-order valence-corrected chi connectivity index (χ0v) is 12.3. The zero-order valence-electron chi connectivity index (χ0n) is 12.3. The highest BCUT2D eigenvalue weighted by Crippen LogP contribution is 2.19. The SMILES string of the molecule is COc1ccc(C(=O)N(C)CCC2CCOCC2)cc1. The highest BCUT2D eigenvalue weighted by Gasteiger charge is 2.17. The van der Waals surface area contributed by atoms with Crippen molar-refractivity contribution in [3.63, 3.8) is 0 Å². The molecule has 1 saturated heterocycles. The van der Waals surface area contributed by atoms with E-state index in [4.69, 9.17) is 9.47 Å². The number of hydrogen-bond donors (Lipinski definition) is 0. The number of hydrogen-bond acceptors (Lipinski definition) is 3. The fraction of sp³-hybridized carbons (Fsp3) is 0.562. The van der Waals surface area contributed by atoms with Gasteiger partial charge in [-0.15, -0.1) is 0 Å². The molecule has 1 heterocycles. The summed E-state index contributed by atoms with van der Waals surface area (Å²) in [6, 6.07) is 7.26. The van der Waals surface area contributed by atoms with Gasteiger partial charge in [0, 0.05) is 32.4 Å². The number of ether oxygens (including phenoxy) is 2. The Bertz CT molecular complexity index is 424. The quantitative estimate of drug-likeness (QED) is 0.830. The average Bonchev–Trinajstić information content (AvgIpc) is 2.53. The van der Waals surface area contributed by atoms with E-state index in [0.29, 0.717) is 11.5 Å². The maximum atomic E-state index is 12.3. The number of nitrogens with zero attached hydrogens (tertiary/aromatic N) is 1. The lowest BCUT2D eigenvalue weighted by Gasteiger charge is -2.25. The van der Waals surface area contributed by atoms with Gasteiger partial charge in [-0.05, 0) is 49.4 Å². The Morgan fingerprint density at radius 2 is 1.95 bits per heavy atom. The first-order valence-electron chi connectivity index (χ1n) is 7.18. The molecule has 4 heteroatoms. The first kappa shape index (κ1) is 14.9. The first-order valence-corrected chi connectivity index (χ1v) is 7.18. The van der Waals surface area contributed by atoms with E-state index in [1.807, 2.05) is 31.3 Å². The van der Waals surface area contributed by atoms with Gasteiger partial charge in [-0.1, -0.05) is 0 Å². The van der Waals surface area contributed by atoms with Crippen molar-refractivity contribution in [3.8, 4) is 5.75 Å². The summed E-state index contributed by atoms with van der Waals surface area (Å²) in [5.41, 5.74) is 0.709. The number of amides is 1. The molecule has 0 radical (unpaired) electrons. The van der Waals surface area contributed by atoms with E-state index in [-0.39, 0.29) is 5.91 Å². The monoisotopic (exact) mass is 277 g/mol. The fourth-order valence-electron chi connectivity index (χ4n) is 2.47. The number of methoxy groups -OCH3 is 1. The Balaban J connectivity index is 1.83. The van der Waals surface area contributed by atoms with Gasteiger partial charge in [-0.25, -0.2) is 0 Å². The second kappa shape index (κ2) is 7.29. The predicted octanol–water partition coefficient (Wildman–Crippen LogP) is 2.58. The van der Waals surface area contributed by atoms with E-state index in [2.05, 4.69) is 0 Å². The normalized spacial score (nSPS) is 15.9. The average molecular weight is 277 g/mol. The van der Waals surface area contributed by atoms with Crippen molar-refractivity contribution in [1.29, 1.82) is 0 Å². The van der Waals surface area contributed by atoms with Gasteiger partial charge in [-0.3, -0.25) is 4.79 Å². The summed E-state index contributed by atoms with van der Waals surface area (Å²) in [5, 5.41) is 0. The van der Waals surface area contributed by atoms with Crippen LogP contribution in [0, 0.1) is 5.92 Å². The van der Waals surface area contributed by atoms with Crippen LogP contribution in [0.3, 0.4) is 0 Å². The van der Waals surface area contributed by atoms with Gasteiger partial charge in [0.2, 0.25) is 0 Å². The van der Waals surface area contributed by atoms with Crippen LogP contribution in [0.15, 0.2) is 24.3 Å². The predicted molar refractivity (Wildman–Crippen MR) is 78.1 cm³/mol. The van der Waals surface area contributed by atoms with Crippen LogP contribution in [0.5, 0.6) is 5.75 Å². The van der Waals surface area contributed by atoms with Crippen LogP contribution in [0.1, 0.15) is 29.6 Å². The lowest BCUT2D eigenvalue weighted by atomic mass is 9.96. The molecule has 0 aromatic heterocycles.